The molecule has 0 radical (unpaired) electrons. The Morgan fingerprint density at radius 3 is 2.84 bits per heavy atom. The predicted molar refractivity (Wildman–Crippen MR) is 69.2 cm³/mol. The molecule has 0 aliphatic rings. The molecule has 8 nitrogen and oxygen atoms in total. The van der Waals surface area contributed by atoms with E-state index in [2.05, 4.69) is 20.4 Å². The Kier molecular flexibility index (Phi) is 3.52. The van der Waals surface area contributed by atoms with Gasteiger partial charge in [0.2, 0.25) is 11.8 Å². The van der Waals surface area contributed by atoms with E-state index in [1.807, 2.05) is 0 Å². The molecule has 0 atom stereocenters. The number of nitrogen functional groups attached to an aromatic ring is 1. The molecule has 0 unspecified atom stereocenters. The van der Waals surface area contributed by atoms with E-state index >= 15 is 0 Å². The number of methoxy groups -OCH3 is 1. The lowest BCUT2D eigenvalue weighted by Gasteiger charge is -2.06. The molecule has 2 aromatic heterocycles. The van der Waals surface area contributed by atoms with Crippen LogP contribution in [0.3, 0.4) is 0 Å². The monoisotopic (exact) mass is 282 g/mol. The third kappa shape index (κ3) is 2.74. The number of nitrogens with one attached hydrogen (secondary N) is 1. The second kappa shape index (κ2) is 5.11. The Morgan fingerprint density at radius 1 is 1.53 bits per heavy atom. The number of amides is 1. The molecule has 0 aromatic carbocycles. The van der Waals surface area contributed by atoms with Gasteiger partial charge in [-0.1, -0.05) is 11.6 Å². The zero-order valence-corrected chi connectivity index (χ0v) is 11.0. The van der Waals surface area contributed by atoms with E-state index in [1.54, 1.807) is 7.05 Å². The van der Waals surface area contributed by atoms with Crippen LogP contribution in [0.2, 0.25) is 5.15 Å². The van der Waals surface area contributed by atoms with Gasteiger partial charge in [0, 0.05) is 13.1 Å². The first-order valence-electron chi connectivity index (χ1n) is 5.18. The Balaban J connectivity index is 2.26. The van der Waals surface area contributed by atoms with E-state index < -0.39 is 5.91 Å². The summed E-state index contributed by atoms with van der Waals surface area (Å²) in [6.07, 6.45) is 1.38. The number of nitrogens with two attached hydrogens (primary N) is 1. The summed E-state index contributed by atoms with van der Waals surface area (Å²) in [5, 5.41) is 6.50. The fraction of sp³-hybridized carbons (Fsp3) is 0.200. The first-order valence-corrected chi connectivity index (χ1v) is 5.56. The van der Waals surface area contributed by atoms with Crippen LogP contribution in [-0.4, -0.2) is 32.8 Å². The van der Waals surface area contributed by atoms with E-state index in [0.29, 0.717) is 0 Å². The number of aromatic nitrogens is 4. The Bertz CT molecular complexity index is 607. The van der Waals surface area contributed by atoms with Crippen molar-refractivity contribution >= 4 is 29.1 Å². The maximum Gasteiger partial charge on any atom is 0.278 e. The van der Waals surface area contributed by atoms with Gasteiger partial charge in [-0.15, -0.1) is 0 Å². The maximum atomic E-state index is 12.0. The molecule has 0 saturated carbocycles. The Hall–Kier alpha value is -2.35. The van der Waals surface area contributed by atoms with Crippen molar-refractivity contribution in [2.24, 2.45) is 7.05 Å². The summed E-state index contributed by atoms with van der Waals surface area (Å²) < 4.78 is 6.28. The summed E-state index contributed by atoms with van der Waals surface area (Å²) in [7, 11) is 3.04. The van der Waals surface area contributed by atoms with Crippen LogP contribution >= 0.6 is 11.6 Å². The molecule has 19 heavy (non-hydrogen) atoms. The largest absolute Gasteiger partial charge is 0.481 e. The van der Waals surface area contributed by atoms with Crippen LogP contribution in [0.5, 0.6) is 5.88 Å². The number of ether oxygens (including phenoxy) is 1. The van der Waals surface area contributed by atoms with Gasteiger partial charge in [-0.3, -0.25) is 14.8 Å². The highest BCUT2D eigenvalue weighted by molar-refractivity contribution is 6.29. The first-order chi connectivity index (χ1) is 9.01. The summed E-state index contributed by atoms with van der Waals surface area (Å²) in [4.78, 5) is 19.8. The van der Waals surface area contributed by atoms with Gasteiger partial charge in [-0.2, -0.15) is 10.1 Å². The van der Waals surface area contributed by atoms with E-state index in [1.165, 1.54) is 24.1 Å². The van der Waals surface area contributed by atoms with Crippen LogP contribution in [0.1, 0.15) is 10.5 Å². The highest BCUT2D eigenvalue weighted by Gasteiger charge is 2.16. The molecule has 0 aliphatic carbocycles. The van der Waals surface area contributed by atoms with Gasteiger partial charge < -0.3 is 10.5 Å². The zero-order valence-electron chi connectivity index (χ0n) is 10.2. The molecule has 2 aromatic rings. The lowest BCUT2D eigenvalue weighted by Crippen LogP contribution is -2.19. The van der Waals surface area contributed by atoms with Crippen LogP contribution in [0.4, 0.5) is 11.6 Å². The summed E-state index contributed by atoms with van der Waals surface area (Å²) in [6.45, 7) is 0. The molecule has 3 N–H and O–H groups in total. The second-order valence-corrected chi connectivity index (χ2v) is 3.97. The van der Waals surface area contributed by atoms with E-state index in [4.69, 9.17) is 22.1 Å². The SMILES string of the molecule is COc1cc(Cl)nc(NC(=O)c2c(N)cnn2C)n1. The average molecular weight is 283 g/mol. The van der Waals surface area contributed by atoms with Crippen LogP contribution in [0, 0.1) is 0 Å². The minimum Gasteiger partial charge on any atom is -0.481 e. The lowest BCUT2D eigenvalue weighted by molar-refractivity contribution is 0.101. The molecule has 100 valence electrons. The van der Waals surface area contributed by atoms with Crippen LogP contribution in [0.15, 0.2) is 12.3 Å². The topological polar surface area (TPSA) is 108 Å². The molecule has 0 spiro atoms. The van der Waals surface area contributed by atoms with Gasteiger partial charge in [-0.25, -0.2) is 4.98 Å². The number of carbonyl (C=O) groups is 1. The molecular weight excluding hydrogens is 272 g/mol. The average Bonchev–Trinajstić information content (AvgIpc) is 2.68. The fourth-order valence-electron chi connectivity index (χ4n) is 1.45. The second-order valence-electron chi connectivity index (χ2n) is 3.58. The van der Waals surface area contributed by atoms with Gasteiger partial charge in [0.1, 0.15) is 10.8 Å². The van der Waals surface area contributed by atoms with E-state index in [-0.39, 0.29) is 28.4 Å². The van der Waals surface area contributed by atoms with Crippen LogP contribution in [0.25, 0.3) is 0 Å². The minimum atomic E-state index is -0.484. The molecule has 0 fully saturated rings. The third-order valence-corrected chi connectivity index (χ3v) is 2.48. The quantitative estimate of drug-likeness (QED) is 0.803. The van der Waals surface area contributed by atoms with Gasteiger partial charge in [-0.05, 0) is 0 Å². The van der Waals surface area contributed by atoms with Crippen molar-refractivity contribution in [2.75, 3.05) is 18.2 Å². The fourth-order valence-corrected chi connectivity index (χ4v) is 1.62. The van der Waals surface area contributed by atoms with Gasteiger partial charge >= 0.3 is 0 Å². The van der Waals surface area contributed by atoms with E-state index in [0.717, 1.165) is 0 Å². The molecule has 2 rings (SSSR count). The van der Waals surface area contributed by atoms with Crippen LogP contribution in [-0.2, 0) is 7.05 Å². The number of halogens is 1. The maximum absolute atomic E-state index is 12.0. The summed E-state index contributed by atoms with van der Waals surface area (Å²) in [6, 6.07) is 1.43. The zero-order chi connectivity index (χ0) is 14.0. The number of hydrogen-bond acceptors (Lipinski definition) is 6. The predicted octanol–water partition coefficient (Wildman–Crippen LogP) is 0.707. The number of carbonyl (C=O) groups excluding carboxylic acids is 1. The highest BCUT2D eigenvalue weighted by atomic mass is 35.5. The lowest BCUT2D eigenvalue weighted by atomic mass is 10.3. The minimum absolute atomic E-state index is 0.0231. The highest BCUT2D eigenvalue weighted by Crippen LogP contribution is 2.17. The van der Waals surface area contributed by atoms with Crippen molar-refractivity contribution in [3.05, 3.63) is 23.1 Å². The van der Waals surface area contributed by atoms with Crippen molar-refractivity contribution < 1.29 is 9.53 Å². The van der Waals surface area contributed by atoms with Gasteiger partial charge in [0.15, 0.2) is 0 Å². The van der Waals surface area contributed by atoms with Crippen molar-refractivity contribution in [3.63, 3.8) is 0 Å². The standard InChI is InChI=1S/C10H11ClN6O2/c1-17-8(5(12)4-13-17)9(18)16-10-14-6(11)3-7(15-10)19-2/h3-4H,12H2,1-2H3,(H,14,15,16,18). The Morgan fingerprint density at radius 2 is 2.26 bits per heavy atom. The summed E-state index contributed by atoms with van der Waals surface area (Å²) in [5.41, 5.74) is 6.12. The number of hydrogen-bond donors (Lipinski definition) is 2. The van der Waals surface area contributed by atoms with Crippen molar-refractivity contribution in [1.82, 2.24) is 19.7 Å². The smallest absolute Gasteiger partial charge is 0.278 e. The van der Waals surface area contributed by atoms with Gasteiger partial charge in [0.05, 0.1) is 19.0 Å². The molecule has 0 bridgehead atoms. The summed E-state index contributed by atoms with van der Waals surface area (Å²) >= 11 is 5.78. The number of nitrogens with zero attached hydrogens (tertiary/aromatic N) is 4. The summed E-state index contributed by atoms with van der Waals surface area (Å²) in [5.74, 6) is -0.218. The van der Waals surface area contributed by atoms with E-state index in [9.17, 15) is 4.79 Å². The Labute approximate surface area is 113 Å². The molecular formula is C10H11ClN6O2. The molecule has 1 amide bonds. The van der Waals surface area contributed by atoms with Crippen molar-refractivity contribution in [2.45, 2.75) is 0 Å². The first kappa shape index (κ1) is 13.1. The normalized spacial score (nSPS) is 10.3. The van der Waals surface area contributed by atoms with Crippen molar-refractivity contribution in [1.29, 1.82) is 0 Å². The van der Waals surface area contributed by atoms with Gasteiger partial charge in [0.25, 0.3) is 5.91 Å². The molecule has 9 heteroatoms. The number of aryl methyl sites for hydroxylation is 1. The third-order valence-electron chi connectivity index (χ3n) is 2.29. The van der Waals surface area contributed by atoms with Crippen molar-refractivity contribution in [3.8, 4) is 5.88 Å². The molecule has 0 saturated heterocycles. The number of anilines is 2. The van der Waals surface area contributed by atoms with Crippen LogP contribution < -0.4 is 15.8 Å². The number of rotatable bonds is 3. The molecule has 0 aliphatic heterocycles. The molecule has 2 heterocycles.